The van der Waals surface area contributed by atoms with Gasteiger partial charge in [-0.2, -0.15) is 0 Å². The first-order chi connectivity index (χ1) is 8.58. The third-order valence-electron chi connectivity index (χ3n) is 3.86. The van der Waals surface area contributed by atoms with E-state index in [9.17, 15) is 0 Å². The van der Waals surface area contributed by atoms with Crippen LogP contribution >= 0.6 is 11.6 Å². The predicted octanol–water partition coefficient (Wildman–Crippen LogP) is 3.80. The van der Waals surface area contributed by atoms with Crippen molar-refractivity contribution in [1.29, 1.82) is 0 Å². The Morgan fingerprint density at radius 3 is 2.89 bits per heavy atom. The molecule has 1 aromatic carbocycles. The van der Waals surface area contributed by atoms with Crippen LogP contribution in [0.5, 0.6) is 0 Å². The fourth-order valence-corrected chi connectivity index (χ4v) is 3.08. The van der Waals surface area contributed by atoms with Crippen LogP contribution in [0.3, 0.4) is 0 Å². The van der Waals surface area contributed by atoms with Gasteiger partial charge in [0, 0.05) is 21.6 Å². The number of fused-ring (bicyclic) bond motifs is 1. The lowest BCUT2D eigenvalue weighted by Crippen LogP contribution is -2.33. The molecule has 2 heterocycles. The SMILES string of the molecule is Cc1cc(C2(C)CCCN2)c2cc(Cl)ccc2n1. The molecule has 3 heteroatoms. The zero-order chi connectivity index (χ0) is 12.8. The van der Waals surface area contributed by atoms with Crippen LogP contribution in [0.4, 0.5) is 0 Å². The molecule has 1 atom stereocenters. The van der Waals surface area contributed by atoms with Crippen LogP contribution in [0.2, 0.25) is 5.02 Å². The number of benzene rings is 1. The lowest BCUT2D eigenvalue weighted by molar-refractivity contribution is 0.438. The lowest BCUT2D eigenvalue weighted by Gasteiger charge is -2.27. The van der Waals surface area contributed by atoms with Crippen molar-refractivity contribution in [2.24, 2.45) is 0 Å². The van der Waals surface area contributed by atoms with E-state index >= 15 is 0 Å². The first kappa shape index (κ1) is 11.9. The molecule has 0 radical (unpaired) electrons. The summed E-state index contributed by atoms with van der Waals surface area (Å²) >= 11 is 6.13. The van der Waals surface area contributed by atoms with Gasteiger partial charge in [-0.15, -0.1) is 0 Å². The largest absolute Gasteiger partial charge is 0.308 e. The smallest absolute Gasteiger partial charge is 0.0709 e. The van der Waals surface area contributed by atoms with Crippen LogP contribution in [0, 0.1) is 6.92 Å². The molecule has 1 N–H and O–H groups in total. The molecule has 0 spiro atoms. The predicted molar refractivity (Wildman–Crippen MR) is 76.1 cm³/mol. The summed E-state index contributed by atoms with van der Waals surface area (Å²) in [7, 11) is 0. The number of halogens is 1. The van der Waals surface area contributed by atoms with E-state index in [2.05, 4.69) is 30.2 Å². The molecule has 3 rings (SSSR count). The van der Waals surface area contributed by atoms with E-state index in [1.54, 1.807) is 0 Å². The molecule has 2 aromatic rings. The standard InChI is InChI=1S/C15H17ClN2/c1-10-8-13(15(2)6-3-7-17-15)12-9-11(16)4-5-14(12)18-10/h4-5,8-9,17H,3,6-7H2,1-2H3. The summed E-state index contributed by atoms with van der Waals surface area (Å²) in [5.41, 5.74) is 3.47. The van der Waals surface area contributed by atoms with Gasteiger partial charge in [0.15, 0.2) is 0 Å². The summed E-state index contributed by atoms with van der Waals surface area (Å²) in [6.07, 6.45) is 2.39. The molecule has 0 aliphatic carbocycles. The van der Waals surface area contributed by atoms with Gasteiger partial charge in [0.1, 0.15) is 0 Å². The Morgan fingerprint density at radius 2 is 2.17 bits per heavy atom. The van der Waals surface area contributed by atoms with Gasteiger partial charge in [0.2, 0.25) is 0 Å². The third kappa shape index (κ3) is 1.90. The number of nitrogens with one attached hydrogen (secondary N) is 1. The Morgan fingerprint density at radius 1 is 1.33 bits per heavy atom. The van der Waals surface area contributed by atoms with Crippen LogP contribution in [0.1, 0.15) is 31.0 Å². The van der Waals surface area contributed by atoms with Crippen LogP contribution in [0.15, 0.2) is 24.3 Å². The van der Waals surface area contributed by atoms with Crippen molar-refractivity contribution in [2.75, 3.05) is 6.54 Å². The topological polar surface area (TPSA) is 24.9 Å². The maximum absolute atomic E-state index is 6.13. The average Bonchev–Trinajstić information content (AvgIpc) is 2.77. The van der Waals surface area contributed by atoms with Crippen molar-refractivity contribution in [3.05, 3.63) is 40.5 Å². The molecule has 1 unspecified atom stereocenters. The minimum atomic E-state index is 0.0522. The van der Waals surface area contributed by atoms with Gasteiger partial charge in [0.25, 0.3) is 0 Å². The number of aromatic nitrogens is 1. The number of hydrogen-bond acceptors (Lipinski definition) is 2. The van der Waals surface area contributed by atoms with E-state index in [0.29, 0.717) is 0 Å². The maximum atomic E-state index is 6.13. The van der Waals surface area contributed by atoms with Gasteiger partial charge in [-0.05, 0) is 63.1 Å². The molecular formula is C15H17ClN2. The summed E-state index contributed by atoms with van der Waals surface area (Å²) in [5, 5.41) is 5.56. The van der Waals surface area contributed by atoms with E-state index in [0.717, 1.165) is 29.2 Å². The molecule has 1 fully saturated rings. The maximum Gasteiger partial charge on any atom is 0.0709 e. The van der Waals surface area contributed by atoms with Crippen LogP contribution in [-0.4, -0.2) is 11.5 Å². The van der Waals surface area contributed by atoms with Crippen molar-refractivity contribution < 1.29 is 0 Å². The first-order valence-electron chi connectivity index (χ1n) is 6.41. The van der Waals surface area contributed by atoms with Crippen molar-refractivity contribution in [3.63, 3.8) is 0 Å². The van der Waals surface area contributed by atoms with E-state index in [-0.39, 0.29) is 5.54 Å². The van der Waals surface area contributed by atoms with Gasteiger partial charge in [-0.3, -0.25) is 4.98 Å². The highest BCUT2D eigenvalue weighted by Crippen LogP contribution is 2.35. The molecule has 0 bridgehead atoms. The minimum absolute atomic E-state index is 0.0522. The van der Waals surface area contributed by atoms with Gasteiger partial charge in [-0.1, -0.05) is 11.6 Å². The Kier molecular flexibility index (Phi) is 2.80. The summed E-state index contributed by atoms with van der Waals surface area (Å²) in [4.78, 5) is 4.59. The molecule has 94 valence electrons. The highest BCUT2D eigenvalue weighted by molar-refractivity contribution is 6.31. The molecular weight excluding hydrogens is 244 g/mol. The summed E-state index contributed by atoms with van der Waals surface area (Å²) in [6, 6.07) is 8.14. The first-order valence-corrected chi connectivity index (χ1v) is 6.79. The van der Waals surface area contributed by atoms with Crippen molar-refractivity contribution in [2.45, 2.75) is 32.2 Å². The van der Waals surface area contributed by atoms with E-state index in [1.165, 1.54) is 17.4 Å². The van der Waals surface area contributed by atoms with Gasteiger partial charge in [-0.25, -0.2) is 0 Å². The van der Waals surface area contributed by atoms with Crippen molar-refractivity contribution in [1.82, 2.24) is 10.3 Å². The molecule has 1 aliphatic heterocycles. The molecule has 2 nitrogen and oxygen atoms in total. The Balaban J connectivity index is 2.29. The number of hydrogen-bond donors (Lipinski definition) is 1. The summed E-state index contributed by atoms with van der Waals surface area (Å²) < 4.78 is 0. The van der Waals surface area contributed by atoms with E-state index in [4.69, 9.17) is 11.6 Å². The number of nitrogens with zero attached hydrogens (tertiary/aromatic N) is 1. The zero-order valence-corrected chi connectivity index (χ0v) is 11.5. The number of rotatable bonds is 1. The van der Waals surface area contributed by atoms with Gasteiger partial charge in [0.05, 0.1) is 5.52 Å². The second-order valence-electron chi connectivity index (χ2n) is 5.34. The summed E-state index contributed by atoms with van der Waals surface area (Å²) in [6.45, 7) is 5.41. The van der Waals surface area contributed by atoms with Gasteiger partial charge >= 0.3 is 0 Å². The second-order valence-corrected chi connectivity index (χ2v) is 5.77. The van der Waals surface area contributed by atoms with Crippen molar-refractivity contribution >= 4 is 22.5 Å². The van der Waals surface area contributed by atoms with Crippen LogP contribution in [-0.2, 0) is 5.54 Å². The molecule has 1 saturated heterocycles. The highest BCUT2D eigenvalue weighted by atomic mass is 35.5. The Labute approximate surface area is 112 Å². The van der Waals surface area contributed by atoms with Crippen LogP contribution in [0.25, 0.3) is 10.9 Å². The highest BCUT2D eigenvalue weighted by Gasteiger charge is 2.31. The van der Waals surface area contributed by atoms with Crippen molar-refractivity contribution in [3.8, 4) is 0 Å². The fraction of sp³-hybridized carbons (Fsp3) is 0.400. The summed E-state index contributed by atoms with van der Waals surface area (Å²) in [5.74, 6) is 0. The zero-order valence-electron chi connectivity index (χ0n) is 10.8. The van der Waals surface area contributed by atoms with E-state index < -0.39 is 0 Å². The quantitative estimate of drug-likeness (QED) is 0.844. The second kappa shape index (κ2) is 4.22. The van der Waals surface area contributed by atoms with Crippen LogP contribution < -0.4 is 5.32 Å². The minimum Gasteiger partial charge on any atom is -0.308 e. The third-order valence-corrected chi connectivity index (χ3v) is 4.10. The molecule has 1 aromatic heterocycles. The Hall–Kier alpha value is -1.12. The van der Waals surface area contributed by atoms with Gasteiger partial charge < -0.3 is 5.32 Å². The monoisotopic (exact) mass is 260 g/mol. The number of pyridine rings is 1. The number of aryl methyl sites for hydroxylation is 1. The molecule has 18 heavy (non-hydrogen) atoms. The fourth-order valence-electron chi connectivity index (χ4n) is 2.91. The molecule has 0 saturated carbocycles. The normalized spacial score (nSPS) is 23.7. The molecule has 0 amide bonds. The Bertz CT molecular complexity index is 601. The average molecular weight is 261 g/mol. The van der Waals surface area contributed by atoms with E-state index in [1.807, 2.05) is 18.2 Å². The molecule has 1 aliphatic rings. The lowest BCUT2D eigenvalue weighted by atomic mass is 9.87.